The third-order valence-electron chi connectivity index (χ3n) is 12.5. The molecule has 2 amide bonds. The van der Waals surface area contributed by atoms with Gasteiger partial charge in [0, 0.05) is 67.7 Å². The van der Waals surface area contributed by atoms with Gasteiger partial charge in [0.15, 0.2) is 11.6 Å². The summed E-state index contributed by atoms with van der Waals surface area (Å²) in [5.41, 5.74) is 4.81. The molecule has 1 spiro atoms. The summed E-state index contributed by atoms with van der Waals surface area (Å²) < 4.78 is 16.9. The number of anilines is 3. The van der Waals surface area contributed by atoms with Gasteiger partial charge in [-0.3, -0.25) is 19.5 Å². The van der Waals surface area contributed by atoms with Gasteiger partial charge in [-0.25, -0.2) is 14.4 Å². The average Bonchev–Trinajstić information content (AvgIpc) is 3.70. The SMILES string of the molecule is CC(=O)N1CCC2(CC1)C(=O)N(C1CC(N3C4CCCC3CC4)C1)c1cc(-c3cc4ncn(C(C)C)c4c(Nc4ccncc4F)n3)ccc12. The maximum absolute atomic E-state index is 14.8. The molecular weight excluding hydrogens is 631 g/mol. The van der Waals surface area contributed by atoms with Crippen molar-refractivity contribution < 1.29 is 14.0 Å². The summed E-state index contributed by atoms with van der Waals surface area (Å²) in [4.78, 5) is 47.6. The minimum atomic E-state index is -0.631. The lowest BCUT2D eigenvalue weighted by Crippen LogP contribution is -2.60. The van der Waals surface area contributed by atoms with Gasteiger partial charge < -0.3 is 19.7 Å². The molecule has 0 radical (unpaired) electrons. The fraction of sp³-hybridized carbons (Fsp3) is 0.513. The van der Waals surface area contributed by atoms with E-state index in [1.807, 2.05) is 15.5 Å². The minimum Gasteiger partial charge on any atom is -0.343 e. The first-order chi connectivity index (χ1) is 24.2. The van der Waals surface area contributed by atoms with Crippen LogP contribution in [0.25, 0.3) is 22.3 Å². The number of pyridine rings is 2. The maximum Gasteiger partial charge on any atom is 0.238 e. The second-order valence-electron chi connectivity index (χ2n) is 15.5. The molecule has 10 nitrogen and oxygen atoms in total. The number of aromatic nitrogens is 4. The highest BCUT2D eigenvalue weighted by Gasteiger charge is 2.56. The van der Waals surface area contributed by atoms with E-state index in [9.17, 15) is 14.0 Å². The number of halogens is 1. The molecule has 50 heavy (non-hydrogen) atoms. The van der Waals surface area contributed by atoms with Gasteiger partial charge in [0.1, 0.15) is 5.52 Å². The van der Waals surface area contributed by atoms with Crippen molar-refractivity contribution in [3.63, 3.8) is 0 Å². The number of imidazole rings is 1. The number of fused-ring (bicyclic) bond motifs is 5. The second kappa shape index (κ2) is 11.9. The quantitative estimate of drug-likeness (QED) is 0.242. The number of piperidine rings is 2. The third kappa shape index (κ3) is 4.86. The first-order valence-corrected chi connectivity index (χ1v) is 18.5. The predicted molar refractivity (Wildman–Crippen MR) is 191 cm³/mol. The number of nitrogens with zero attached hydrogens (tertiary/aromatic N) is 7. The number of amides is 2. The van der Waals surface area contributed by atoms with Gasteiger partial charge >= 0.3 is 0 Å². The number of rotatable bonds is 6. The molecule has 7 heterocycles. The van der Waals surface area contributed by atoms with Gasteiger partial charge in [0.2, 0.25) is 11.8 Å². The molecule has 2 unspecified atom stereocenters. The second-order valence-corrected chi connectivity index (χ2v) is 15.5. The molecule has 4 aliphatic heterocycles. The van der Waals surface area contributed by atoms with Crippen LogP contribution in [0, 0.1) is 5.82 Å². The number of benzene rings is 1. The molecule has 1 saturated carbocycles. The van der Waals surface area contributed by atoms with Crippen molar-refractivity contribution in [1.29, 1.82) is 0 Å². The Labute approximate surface area is 292 Å². The van der Waals surface area contributed by atoms with E-state index in [4.69, 9.17) is 9.97 Å². The highest BCUT2D eigenvalue weighted by Crippen LogP contribution is 2.53. The Morgan fingerprint density at radius 2 is 1.76 bits per heavy atom. The fourth-order valence-corrected chi connectivity index (χ4v) is 9.86. The van der Waals surface area contributed by atoms with E-state index in [1.165, 1.54) is 38.3 Å². The summed E-state index contributed by atoms with van der Waals surface area (Å²) in [6.45, 7) is 6.94. The van der Waals surface area contributed by atoms with Gasteiger partial charge in [-0.15, -0.1) is 0 Å². The van der Waals surface area contributed by atoms with Crippen LogP contribution in [0.5, 0.6) is 0 Å². The molecule has 1 N–H and O–H groups in total. The van der Waals surface area contributed by atoms with Crippen LogP contribution < -0.4 is 10.2 Å². The zero-order valence-corrected chi connectivity index (χ0v) is 29.1. The normalized spacial score (nSPS) is 25.8. The number of nitrogens with one attached hydrogen (secondary N) is 1. The monoisotopic (exact) mass is 676 g/mol. The molecule has 1 aromatic carbocycles. The first kappa shape index (κ1) is 31.6. The van der Waals surface area contributed by atoms with Gasteiger partial charge in [-0.1, -0.05) is 18.6 Å². The molecule has 260 valence electrons. The zero-order valence-electron chi connectivity index (χ0n) is 29.1. The molecule has 3 saturated heterocycles. The van der Waals surface area contributed by atoms with Crippen LogP contribution in [0.4, 0.5) is 21.6 Å². The van der Waals surface area contributed by atoms with E-state index in [0.29, 0.717) is 55.6 Å². The number of carbonyl (C=O) groups is 2. The molecule has 2 atom stereocenters. The van der Waals surface area contributed by atoms with Gasteiger partial charge in [-0.2, -0.15) is 0 Å². The van der Waals surface area contributed by atoms with Crippen molar-refractivity contribution in [3.05, 3.63) is 60.4 Å². The van der Waals surface area contributed by atoms with E-state index in [1.54, 1.807) is 25.5 Å². The Kier molecular flexibility index (Phi) is 7.49. The number of hydrogen-bond donors (Lipinski definition) is 1. The average molecular weight is 677 g/mol. The summed E-state index contributed by atoms with van der Waals surface area (Å²) in [6.07, 6.45) is 14.4. The van der Waals surface area contributed by atoms with Crippen molar-refractivity contribution in [2.75, 3.05) is 23.3 Å². The van der Waals surface area contributed by atoms with Crippen molar-refractivity contribution in [2.45, 2.75) is 114 Å². The summed E-state index contributed by atoms with van der Waals surface area (Å²) in [5, 5.41) is 3.23. The lowest BCUT2D eigenvalue weighted by Gasteiger charge is -2.51. The first-order valence-electron chi connectivity index (χ1n) is 18.5. The highest BCUT2D eigenvalue weighted by molar-refractivity contribution is 6.09. The molecule has 3 aromatic heterocycles. The Morgan fingerprint density at radius 1 is 1.00 bits per heavy atom. The predicted octanol–water partition coefficient (Wildman–Crippen LogP) is 6.73. The molecule has 5 aliphatic rings. The van der Waals surface area contributed by atoms with Crippen molar-refractivity contribution in [3.8, 4) is 11.3 Å². The smallest absolute Gasteiger partial charge is 0.238 e. The molecule has 9 rings (SSSR count). The van der Waals surface area contributed by atoms with E-state index in [2.05, 4.69) is 52.1 Å². The van der Waals surface area contributed by atoms with Crippen LogP contribution in [0.15, 0.2) is 49.1 Å². The van der Waals surface area contributed by atoms with Crippen LogP contribution in [-0.2, 0) is 15.0 Å². The van der Waals surface area contributed by atoms with Gasteiger partial charge in [0.25, 0.3) is 0 Å². The summed E-state index contributed by atoms with van der Waals surface area (Å²) in [7, 11) is 0. The summed E-state index contributed by atoms with van der Waals surface area (Å²) in [6, 6.07) is 12.1. The van der Waals surface area contributed by atoms with Gasteiger partial charge in [0.05, 0.1) is 34.8 Å². The Balaban J connectivity index is 1.10. The highest BCUT2D eigenvalue weighted by atomic mass is 19.1. The molecule has 4 aromatic rings. The largest absolute Gasteiger partial charge is 0.343 e. The van der Waals surface area contributed by atoms with Crippen LogP contribution >= 0.6 is 0 Å². The van der Waals surface area contributed by atoms with Crippen LogP contribution in [-0.4, -0.2) is 78.4 Å². The summed E-state index contributed by atoms with van der Waals surface area (Å²) in [5.74, 6) is 0.293. The Morgan fingerprint density at radius 3 is 2.46 bits per heavy atom. The van der Waals surface area contributed by atoms with Crippen LogP contribution in [0.3, 0.4) is 0 Å². The lowest BCUT2D eigenvalue weighted by atomic mass is 9.73. The van der Waals surface area contributed by atoms with E-state index >= 15 is 0 Å². The zero-order chi connectivity index (χ0) is 34.3. The standard InChI is InChI=1S/C39H45FN8O2/c1-23(2)46-22-42-34-20-33(44-37(36(34)46)43-32-11-14-41-21-31(32)40)25-7-10-30-35(17-25)48(38(50)39(30)12-15-45(16-13-39)24(3)49)29-18-28(19-29)47-26-5-4-6-27(47)9-8-26/h7,10-11,14,17,20-23,26-29H,4-6,8-9,12-13,15-16,18-19H2,1-3H3,(H,41,43,44). The molecule has 2 bridgehead atoms. The van der Waals surface area contributed by atoms with Crippen LogP contribution in [0.1, 0.15) is 90.2 Å². The van der Waals surface area contributed by atoms with E-state index in [0.717, 1.165) is 40.7 Å². The minimum absolute atomic E-state index is 0.0631. The van der Waals surface area contributed by atoms with Crippen molar-refractivity contribution >= 4 is 40.0 Å². The van der Waals surface area contributed by atoms with E-state index < -0.39 is 11.2 Å². The number of likely N-dealkylation sites (tertiary alicyclic amines) is 1. The third-order valence-corrected chi connectivity index (χ3v) is 12.5. The van der Waals surface area contributed by atoms with Crippen molar-refractivity contribution in [2.24, 2.45) is 0 Å². The topological polar surface area (TPSA) is 99.5 Å². The Hall–Kier alpha value is -4.38. The van der Waals surface area contributed by atoms with Gasteiger partial charge in [-0.05, 0) is 89.0 Å². The number of hydrogen-bond acceptors (Lipinski definition) is 7. The number of carbonyl (C=O) groups excluding carboxylic acids is 2. The summed E-state index contributed by atoms with van der Waals surface area (Å²) >= 11 is 0. The van der Waals surface area contributed by atoms with Crippen LogP contribution in [0.2, 0.25) is 0 Å². The Bertz CT molecular complexity index is 1980. The molecule has 4 fully saturated rings. The lowest BCUT2D eigenvalue weighted by molar-refractivity contribution is -0.134. The molecular formula is C39H45FN8O2. The van der Waals surface area contributed by atoms with E-state index in [-0.39, 0.29) is 29.6 Å². The fourth-order valence-electron chi connectivity index (χ4n) is 9.86. The molecule has 11 heteroatoms. The maximum atomic E-state index is 14.8. The van der Waals surface area contributed by atoms with Crippen molar-refractivity contribution in [1.82, 2.24) is 29.3 Å². The molecule has 1 aliphatic carbocycles.